The molecule has 1 fully saturated rings. The third-order valence-electron chi connectivity index (χ3n) is 4.25. The number of halogens is 2. The maximum Gasteiger partial charge on any atom is 0.129 e. The summed E-state index contributed by atoms with van der Waals surface area (Å²) in [5.41, 5.74) is 3.30. The predicted molar refractivity (Wildman–Crippen MR) is 79.7 cm³/mol. The second-order valence-corrected chi connectivity index (χ2v) is 5.88. The van der Waals surface area contributed by atoms with Crippen LogP contribution in [0.3, 0.4) is 0 Å². The van der Waals surface area contributed by atoms with Gasteiger partial charge in [0.1, 0.15) is 11.6 Å². The Hall–Kier alpha value is -1.08. The van der Waals surface area contributed by atoms with Crippen LogP contribution in [0.2, 0.25) is 0 Å². The van der Waals surface area contributed by atoms with Gasteiger partial charge in [-0.3, -0.25) is 11.3 Å². The number of hydrogen-bond acceptors (Lipinski definition) is 4. The van der Waals surface area contributed by atoms with E-state index in [0.29, 0.717) is 12.0 Å². The first-order valence-corrected chi connectivity index (χ1v) is 7.30. The zero-order valence-electron chi connectivity index (χ0n) is 12.6. The number of rotatable bonds is 4. The van der Waals surface area contributed by atoms with Crippen LogP contribution in [0.1, 0.15) is 12.0 Å². The van der Waals surface area contributed by atoms with Crippen LogP contribution < -0.4 is 11.3 Å². The van der Waals surface area contributed by atoms with E-state index in [9.17, 15) is 8.78 Å². The van der Waals surface area contributed by atoms with Gasteiger partial charge in [0.05, 0.1) is 0 Å². The second-order valence-electron chi connectivity index (χ2n) is 5.88. The molecule has 1 heterocycles. The highest BCUT2D eigenvalue weighted by atomic mass is 19.1. The highest BCUT2D eigenvalue weighted by Crippen LogP contribution is 2.17. The van der Waals surface area contributed by atoms with Gasteiger partial charge in [-0.1, -0.05) is 6.07 Å². The van der Waals surface area contributed by atoms with Crippen LogP contribution in [0.5, 0.6) is 0 Å². The van der Waals surface area contributed by atoms with Crippen LogP contribution in [-0.4, -0.2) is 55.6 Å². The number of benzene rings is 1. The molecule has 0 aromatic heterocycles. The summed E-state index contributed by atoms with van der Waals surface area (Å²) in [6, 6.07) is 3.80. The maximum atomic E-state index is 13.8. The molecule has 2 unspecified atom stereocenters. The largest absolute Gasteiger partial charge is 0.305 e. The van der Waals surface area contributed by atoms with E-state index in [2.05, 4.69) is 29.3 Å². The average Bonchev–Trinajstić information content (AvgIpc) is 2.60. The Kier molecular flexibility index (Phi) is 5.64. The zero-order chi connectivity index (χ0) is 15.4. The van der Waals surface area contributed by atoms with E-state index in [1.165, 1.54) is 12.1 Å². The summed E-state index contributed by atoms with van der Waals surface area (Å²) >= 11 is 0. The molecule has 0 saturated carbocycles. The Morgan fingerprint density at radius 1 is 1.33 bits per heavy atom. The van der Waals surface area contributed by atoms with Gasteiger partial charge in [-0.15, -0.1) is 0 Å². The lowest BCUT2D eigenvalue weighted by atomic mass is 9.98. The molecular weight excluding hydrogens is 274 g/mol. The Morgan fingerprint density at radius 2 is 2.10 bits per heavy atom. The summed E-state index contributed by atoms with van der Waals surface area (Å²) in [6.07, 6.45) is 1.54. The van der Waals surface area contributed by atoms with E-state index in [-0.39, 0.29) is 12.1 Å². The van der Waals surface area contributed by atoms with E-state index in [1.807, 2.05) is 0 Å². The van der Waals surface area contributed by atoms with Crippen molar-refractivity contribution in [3.63, 3.8) is 0 Å². The van der Waals surface area contributed by atoms with Gasteiger partial charge in [0, 0.05) is 24.7 Å². The predicted octanol–water partition coefficient (Wildman–Crippen LogP) is 0.975. The smallest absolute Gasteiger partial charge is 0.129 e. The molecule has 0 spiro atoms. The Labute approximate surface area is 124 Å². The third-order valence-corrected chi connectivity index (χ3v) is 4.25. The van der Waals surface area contributed by atoms with Gasteiger partial charge in [0.25, 0.3) is 0 Å². The minimum atomic E-state index is -0.556. The lowest BCUT2D eigenvalue weighted by Gasteiger charge is -2.34. The lowest BCUT2D eigenvalue weighted by Crippen LogP contribution is -2.55. The Bertz CT molecular complexity index is 469. The van der Waals surface area contributed by atoms with Gasteiger partial charge in [0.2, 0.25) is 0 Å². The Morgan fingerprint density at radius 3 is 2.76 bits per heavy atom. The quantitative estimate of drug-likeness (QED) is 0.642. The van der Waals surface area contributed by atoms with E-state index in [0.717, 1.165) is 32.1 Å². The average molecular weight is 298 g/mol. The molecule has 2 rings (SSSR count). The summed E-state index contributed by atoms with van der Waals surface area (Å²) in [5, 5.41) is 0. The van der Waals surface area contributed by atoms with Crippen molar-refractivity contribution in [3.05, 3.63) is 35.4 Å². The molecular formula is C15H24F2N4. The van der Waals surface area contributed by atoms with E-state index < -0.39 is 11.6 Å². The fourth-order valence-electron chi connectivity index (χ4n) is 2.97. The minimum absolute atomic E-state index is 0.0875. The van der Waals surface area contributed by atoms with Crippen LogP contribution in [0.4, 0.5) is 8.78 Å². The van der Waals surface area contributed by atoms with Crippen molar-refractivity contribution >= 4 is 0 Å². The fourth-order valence-corrected chi connectivity index (χ4v) is 2.97. The standard InChI is InChI=1S/C15H24F2N4/c1-20-6-3-7-21(2)15(10-20)14(19-18)8-11-4-5-12(16)9-13(11)17/h4-5,9,14-15,19H,3,6-8,10,18H2,1-2H3. The highest BCUT2D eigenvalue weighted by Gasteiger charge is 2.28. The van der Waals surface area contributed by atoms with Crippen LogP contribution in [0.25, 0.3) is 0 Å². The molecule has 1 aromatic carbocycles. The molecule has 1 aliphatic rings. The first-order chi connectivity index (χ1) is 10.0. The first kappa shape index (κ1) is 16.3. The molecule has 1 saturated heterocycles. The summed E-state index contributed by atoms with van der Waals surface area (Å²) in [4.78, 5) is 4.52. The number of hydrazine groups is 1. The van der Waals surface area contributed by atoms with Crippen molar-refractivity contribution in [2.75, 3.05) is 33.7 Å². The van der Waals surface area contributed by atoms with Gasteiger partial charge in [0.15, 0.2) is 0 Å². The van der Waals surface area contributed by atoms with Crippen LogP contribution in [0, 0.1) is 11.6 Å². The maximum absolute atomic E-state index is 13.8. The van der Waals surface area contributed by atoms with Crippen molar-refractivity contribution in [1.29, 1.82) is 0 Å². The molecule has 0 amide bonds. The van der Waals surface area contributed by atoms with Gasteiger partial charge >= 0.3 is 0 Å². The molecule has 1 aromatic rings. The van der Waals surface area contributed by atoms with Gasteiger partial charge in [-0.2, -0.15) is 0 Å². The normalized spacial score (nSPS) is 23.0. The topological polar surface area (TPSA) is 44.5 Å². The van der Waals surface area contributed by atoms with Crippen molar-refractivity contribution in [3.8, 4) is 0 Å². The van der Waals surface area contributed by atoms with Gasteiger partial charge < -0.3 is 9.80 Å². The van der Waals surface area contributed by atoms with Gasteiger partial charge in [-0.25, -0.2) is 8.78 Å². The van der Waals surface area contributed by atoms with Crippen LogP contribution >= 0.6 is 0 Å². The number of likely N-dealkylation sites (N-methyl/N-ethyl adjacent to an activating group) is 2. The fraction of sp³-hybridized carbons (Fsp3) is 0.600. The lowest BCUT2D eigenvalue weighted by molar-refractivity contribution is 0.177. The second kappa shape index (κ2) is 7.26. The van der Waals surface area contributed by atoms with Crippen molar-refractivity contribution < 1.29 is 8.78 Å². The third kappa shape index (κ3) is 4.20. The zero-order valence-corrected chi connectivity index (χ0v) is 12.6. The Balaban J connectivity index is 2.14. The molecule has 4 nitrogen and oxygen atoms in total. The monoisotopic (exact) mass is 298 g/mol. The molecule has 0 aliphatic carbocycles. The van der Waals surface area contributed by atoms with Crippen LogP contribution in [-0.2, 0) is 6.42 Å². The summed E-state index contributed by atoms with van der Waals surface area (Å²) in [7, 11) is 4.15. The molecule has 118 valence electrons. The first-order valence-electron chi connectivity index (χ1n) is 7.30. The SMILES string of the molecule is CN1CCCN(C)C(C(Cc2ccc(F)cc2F)NN)C1. The summed E-state index contributed by atoms with van der Waals surface area (Å²) in [6.45, 7) is 2.90. The van der Waals surface area contributed by atoms with Crippen molar-refractivity contribution in [2.24, 2.45) is 5.84 Å². The van der Waals surface area contributed by atoms with Gasteiger partial charge in [-0.05, 0) is 51.7 Å². The summed E-state index contributed by atoms with van der Waals surface area (Å²) < 4.78 is 26.8. The molecule has 0 radical (unpaired) electrons. The van der Waals surface area contributed by atoms with Crippen LogP contribution in [0.15, 0.2) is 18.2 Å². The molecule has 21 heavy (non-hydrogen) atoms. The molecule has 1 aliphatic heterocycles. The van der Waals surface area contributed by atoms with E-state index in [1.54, 1.807) is 0 Å². The minimum Gasteiger partial charge on any atom is -0.305 e. The van der Waals surface area contributed by atoms with Crippen molar-refractivity contribution in [2.45, 2.75) is 24.9 Å². The number of nitrogens with zero attached hydrogens (tertiary/aromatic N) is 2. The highest BCUT2D eigenvalue weighted by molar-refractivity contribution is 5.20. The summed E-state index contributed by atoms with van der Waals surface area (Å²) in [5.74, 6) is 4.63. The molecule has 0 bridgehead atoms. The number of hydrogen-bond donors (Lipinski definition) is 2. The number of nitrogens with one attached hydrogen (secondary N) is 1. The number of nitrogens with two attached hydrogens (primary N) is 1. The van der Waals surface area contributed by atoms with E-state index >= 15 is 0 Å². The molecule has 2 atom stereocenters. The molecule has 6 heteroatoms. The van der Waals surface area contributed by atoms with Crippen molar-refractivity contribution in [1.82, 2.24) is 15.2 Å². The van der Waals surface area contributed by atoms with E-state index in [4.69, 9.17) is 5.84 Å². The molecule has 3 N–H and O–H groups in total.